The third kappa shape index (κ3) is 6.87. The quantitative estimate of drug-likeness (QED) is 0.255. The van der Waals surface area contributed by atoms with Crippen molar-refractivity contribution >= 4 is 28.4 Å². The van der Waals surface area contributed by atoms with Crippen LogP contribution >= 0.6 is 0 Å². The van der Waals surface area contributed by atoms with Crippen LogP contribution in [0.2, 0.25) is 0 Å². The lowest BCUT2D eigenvalue weighted by Gasteiger charge is -2.19. The molecule has 9 heteroatoms. The van der Waals surface area contributed by atoms with E-state index >= 15 is 0 Å². The first-order chi connectivity index (χ1) is 17.8. The highest BCUT2D eigenvalue weighted by Crippen LogP contribution is 2.35. The summed E-state index contributed by atoms with van der Waals surface area (Å²) in [7, 11) is 7.91. The van der Waals surface area contributed by atoms with Crippen LogP contribution in [0.1, 0.15) is 24.0 Å². The molecule has 0 bridgehead atoms. The SMILES string of the molecule is COc1cc2c(NC(=NCCCN(C)C)Nc3c(C)cccc3C)ncnc2cc1OC1CCN(C)C1. The van der Waals surface area contributed by atoms with E-state index in [1.165, 1.54) is 0 Å². The monoisotopic (exact) mass is 505 g/mol. The van der Waals surface area contributed by atoms with E-state index in [2.05, 4.69) is 83.6 Å². The second-order valence-electron chi connectivity index (χ2n) is 9.94. The molecule has 9 nitrogen and oxygen atoms in total. The number of aromatic nitrogens is 2. The number of para-hydroxylation sites is 1. The zero-order valence-corrected chi connectivity index (χ0v) is 22.8. The smallest absolute Gasteiger partial charge is 0.201 e. The molecular formula is C28H39N7O2. The van der Waals surface area contributed by atoms with Gasteiger partial charge in [-0.15, -0.1) is 0 Å². The molecule has 0 radical (unpaired) electrons. The first-order valence-electron chi connectivity index (χ1n) is 12.8. The van der Waals surface area contributed by atoms with Crippen molar-refractivity contribution in [2.75, 3.05) is 65.1 Å². The molecular weight excluding hydrogens is 466 g/mol. The van der Waals surface area contributed by atoms with Gasteiger partial charge in [0.25, 0.3) is 0 Å². The number of fused-ring (bicyclic) bond motifs is 1. The normalized spacial score (nSPS) is 16.4. The van der Waals surface area contributed by atoms with Crippen LogP contribution in [0, 0.1) is 13.8 Å². The van der Waals surface area contributed by atoms with Gasteiger partial charge >= 0.3 is 0 Å². The summed E-state index contributed by atoms with van der Waals surface area (Å²) in [5.74, 6) is 2.66. The highest BCUT2D eigenvalue weighted by atomic mass is 16.5. The highest BCUT2D eigenvalue weighted by molar-refractivity contribution is 6.08. The van der Waals surface area contributed by atoms with Gasteiger partial charge in [0.15, 0.2) is 11.5 Å². The van der Waals surface area contributed by atoms with Crippen LogP contribution in [0.3, 0.4) is 0 Å². The molecule has 1 saturated heterocycles. The molecule has 1 atom stereocenters. The standard InChI is InChI=1S/C28H39N7O2/c1-19-9-7-10-20(2)26(19)32-28(29-12-8-13-34(3)4)33-27-22-15-24(36-6)25(16-23(22)30-18-31-27)37-21-11-14-35(5)17-21/h7,9-10,15-16,18,21H,8,11-14,17H2,1-6H3,(H2,29,30,31,32,33). The van der Waals surface area contributed by atoms with Crippen molar-refractivity contribution in [2.45, 2.75) is 32.8 Å². The number of rotatable bonds is 9. The molecule has 1 aliphatic heterocycles. The molecule has 1 aromatic heterocycles. The van der Waals surface area contributed by atoms with E-state index < -0.39 is 0 Å². The maximum Gasteiger partial charge on any atom is 0.201 e. The summed E-state index contributed by atoms with van der Waals surface area (Å²) in [6.07, 6.45) is 3.64. The zero-order chi connectivity index (χ0) is 26.4. The lowest BCUT2D eigenvalue weighted by atomic mass is 10.1. The van der Waals surface area contributed by atoms with Gasteiger partial charge in [-0.05, 0) is 71.6 Å². The number of benzene rings is 2. The summed E-state index contributed by atoms with van der Waals surface area (Å²) >= 11 is 0. The molecule has 2 N–H and O–H groups in total. The molecule has 1 aliphatic rings. The summed E-state index contributed by atoms with van der Waals surface area (Å²) in [4.78, 5) is 18.4. The molecule has 37 heavy (non-hydrogen) atoms. The van der Waals surface area contributed by atoms with Gasteiger partial charge in [0.05, 0.1) is 12.6 Å². The average molecular weight is 506 g/mol. The lowest BCUT2D eigenvalue weighted by Crippen LogP contribution is -2.25. The number of nitrogens with zero attached hydrogens (tertiary/aromatic N) is 5. The minimum Gasteiger partial charge on any atom is -0.493 e. The van der Waals surface area contributed by atoms with Gasteiger partial charge in [0, 0.05) is 36.8 Å². The number of ether oxygens (including phenoxy) is 2. The van der Waals surface area contributed by atoms with Crippen LogP contribution in [0.5, 0.6) is 11.5 Å². The average Bonchev–Trinajstić information content (AvgIpc) is 3.27. The molecule has 1 fully saturated rings. The van der Waals surface area contributed by atoms with Gasteiger partial charge in [0.1, 0.15) is 18.2 Å². The van der Waals surface area contributed by atoms with Gasteiger partial charge in [-0.25, -0.2) is 9.97 Å². The molecule has 198 valence electrons. The van der Waals surface area contributed by atoms with E-state index in [4.69, 9.17) is 14.5 Å². The third-order valence-electron chi connectivity index (χ3n) is 6.56. The predicted molar refractivity (Wildman–Crippen MR) is 151 cm³/mol. The van der Waals surface area contributed by atoms with Gasteiger partial charge in [0.2, 0.25) is 5.96 Å². The molecule has 2 aromatic carbocycles. The third-order valence-corrected chi connectivity index (χ3v) is 6.56. The number of aryl methyl sites for hydroxylation is 2. The summed E-state index contributed by atoms with van der Waals surface area (Å²) in [6.45, 7) is 7.75. The van der Waals surface area contributed by atoms with Crippen molar-refractivity contribution in [1.29, 1.82) is 0 Å². The van der Waals surface area contributed by atoms with Crippen LogP contribution in [0.15, 0.2) is 41.7 Å². The van der Waals surface area contributed by atoms with E-state index in [1.807, 2.05) is 12.1 Å². The van der Waals surface area contributed by atoms with Crippen molar-refractivity contribution < 1.29 is 9.47 Å². The number of nitrogens with one attached hydrogen (secondary N) is 2. The number of anilines is 2. The summed E-state index contributed by atoms with van der Waals surface area (Å²) in [5, 5.41) is 7.78. The summed E-state index contributed by atoms with van der Waals surface area (Å²) in [6, 6.07) is 10.1. The largest absolute Gasteiger partial charge is 0.493 e. The Kier molecular flexibility index (Phi) is 8.78. The molecule has 0 spiro atoms. The zero-order valence-electron chi connectivity index (χ0n) is 22.8. The Labute approximate surface area is 219 Å². The lowest BCUT2D eigenvalue weighted by molar-refractivity contribution is 0.200. The second kappa shape index (κ2) is 12.2. The van der Waals surface area contributed by atoms with Gasteiger partial charge < -0.3 is 29.9 Å². The van der Waals surface area contributed by atoms with Gasteiger partial charge in [-0.1, -0.05) is 18.2 Å². The van der Waals surface area contributed by atoms with E-state index in [9.17, 15) is 0 Å². The number of hydrogen-bond acceptors (Lipinski definition) is 7. The summed E-state index contributed by atoms with van der Waals surface area (Å²) < 4.78 is 12.0. The Morgan fingerprint density at radius 3 is 2.59 bits per heavy atom. The van der Waals surface area contributed by atoms with Crippen molar-refractivity contribution in [2.24, 2.45) is 4.99 Å². The Morgan fingerprint density at radius 1 is 1.14 bits per heavy atom. The fraction of sp³-hybridized carbons (Fsp3) is 0.464. The molecule has 0 amide bonds. The van der Waals surface area contributed by atoms with E-state index in [1.54, 1.807) is 13.4 Å². The molecule has 4 rings (SSSR count). The Balaban J connectivity index is 1.63. The second-order valence-corrected chi connectivity index (χ2v) is 9.94. The highest BCUT2D eigenvalue weighted by Gasteiger charge is 2.23. The number of guanidine groups is 1. The molecule has 1 unspecified atom stereocenters. The van der Waals surface area contributed by atoms with Gasteiger partial charge in [-0.2, -0.15) is 0 Å². The first kappa shape index (κ1) is 26.6. The van der Waals surface area contributed by atoms with E-state index in [0.29, 0.717) is 29.8 Å². The van der Waals surface area contributed by atoms with Crippen LogP contribution in [0.25, 0.3) is 10.9 Å². The van der Waals surface area contributed by atoms with Crippen LogP contribution in [-0.2, 0) is 0 Å². The van der Waals surface area contributed by atoms with Crippen LogP contribution in [-0.4, -0.2) is 86.3 Å². The number of likely N-dealkylation sites (N-methyl/N-ethyl adjacent to an activating group) is 1. The van der Waals surface area contributed by atoms with Crippen molar-refractivity contribution in [3.8, 4) is 11.5 Å². The number of hydrogen-bond donors (Lipinski definition) is 2. The topological polar surface area (TPSA) is 87.1 Å². The Bertz CT molecular complexity index is 1220. The fourth-order valence-corrected chi connectivity index (χ4v) is 4.52. The van der Waals surface area contributed by atoms with Gasteiger partial charge in [-0.3, -0.25) is 4.99 Å². The van der Waals surface area contributed by atoms with Crippen molar-refractivity contribution in [3.05, 3.63) is 47.8 Å². The molecule has 2 heterocycles. The Hall–Kier alpha value is -3.43. The molecule has 0 saturated carbocycles. The maximum absolute atomic E-state index is 6.30. The molecule has 3 aromatic rings. The van der Waals surface area contributed by atoms with Crippen molar-refractivity contribution in [3.63, 3.8) is 0 Å². The molecule has 0 aliphatic carbocycles. The van der Waals surface area contributed by atoms with Crippen LogP contribution in [0.4, 0.5) is 11.5 Å². The first-order valence-corrected chi connectivity index (χ1v) is 12.8. The summed E-state index contributed by atoms with van der Waals surface area (Å²) in [5.41, 5.74) is 4.11. The van der Waals surface area contributed by atoms with Crippen LogP contribution < -0.4 is 20.1 Å². The van der Waals surface area contributed by atoms with Crippen molar-refractivity contribution in [1.82, 2.24) is 19.8 Å². The predicted octanol–water partition coefficient (Wildman–Crippen LogP) is 4.17. The fourth-order valence-electron chi connectivity index (χ4n) is 4.52. The Morgan fingerprint density at radius 2 is 1.92 bits per heavy atom. The number of aliphatic imine (C=N–C) groups is 1. The maximum atomic E-state index is 6.30. The minimum atomic E-state index is 0.137. The number of likely N-dealkylation sites (tertiary alicyclic amines) is 1. The minimum absolute atomic E-state index is 0.137. The number of methoxy groups -OCH3 is 1. The van der Waals surface area contributed by atoms with E-state index in [-0.39, 0.29) is 6.10 Å². The van der Waals surface area contributed by atoms with E-state index in [0.717, 1.165) is 60.2 Å².